The molecule has 6 nitrogen and oxygen atoms in total. The van der Waals surface area contributed by atoms with Crippen LogP contribution in [0.15, 0.2) is 59.7 Å². The summed E-state index contributed by atoms with van der Waals surface area (Å²) in [4.78, 5) is 34.4. The highest BCUT2D eigenvalue weighted by atomic mass is 32.1. The summed E-state index contributed by atoms with van der Waals surface area (Å²) in [7, 11) is 0. The quantitative estimate of drug-likeness (QED) is 0.590. The lowest BCUT2D eigenvalue weighted by Crippen LogP contribution is -2.26. The van der Waals surface area contributed by atoms with E-state index in [1.54, 1.807) is 36.5 Å². The van der Waals surface area contributed by atoms with Crippen LogP contribution in [0.2, 0.25) is 0 Å². The summed E-state index contributed by atoms with van der Waals surface area (Å²) in [6, 6.07) is 11.1. The number of rotatable bonds is 3. The highest BCUT2D eigenvalue weighted by molar-refractivity contribution is 7.16. The zero-order chi connectivity index (χ0) is 19.0. The van der Waals surface area contributed by atoms with E-state index in [4.69, 9.17) is 0 Å². The Morgan fingerprint density at radius 2 is 1.96 bits per heavy atom. The van der Waals surface area contributed by atoms with E-state index in [9.17, 15) is 14.0 Å². The lowest BCUT2D eigenvalue weighted by Gasteiger charge is -2.03. The molecule has 27 heavy (non-hydrogen) atoms. The topological polar surface area (TPSA) is 76.4 Å². The molecule has 1 amide bonds. The summed E-state index contributed by atoms with van der Waals surface area (Å²) in [6.07, 6.45) is 2.82. The van der Waals surface area contributed by atoms with Gasteiger partial charge in [0.05, 0.1) is 5.69 Å². The number of amides is 1. The molecule has 8 heteroatoms. The second kappa shape index (κ2) is 6.73. The maximum Gasteiger partial charge on any atom is 0.270 e. The first-order valence-electron chi connectivity index (χ1n) is 8.04. The third kappa shape index (κ3) is 3.22. The molecular weight excluding hydrogens is 367 g/mol. The van der Waals surface area contributed by atoms with Crippen LogP contribution >= 0.6 is 11.3 Å². The van der Waals surface area contributed by atoms with Crippen molar-refractivity contribution < 1.29 is 9.18 Å². The van der Waals surface area contributed by atoms with Crippen molar-refractivity contribution in [3.63, 3.8) is 0 Å². The van der Waals surface area contributed by atoms with Crippen LogP contribution in [0, 0.1) is 12.7 Å². The van der Waals surface area contributed by atoms with Gasteiger partial charge in [-0.1, -0.05) is 6.07 Å². The van der Waals surface area contributed by atoms with Gasteiger partial charge in [-0.15, -0.1) is 11.3 Å². The first kappa shape index (κ1) is 17.0. The van der Waals surface area contributed by atoms with Crippen LogP contribution in [0.5, 0.6) is 0 Å². The van der Waals surface area contributed by atoms with Crippen molar-refractivity contribution in [3.05, 3.63) is 81.5 Å². The minimum absolute atomic E-state index is 0.0742. The second-order valence-corrected chi connectivity index (χ2v) is 6.99. The van der Waals surface area contributed by atoms with E-state index in [1.807, 2.05) is 6.92 Å². The molecule has 134 valence electrons. The fourth-order valence-corrected chi connectivity index (χ4v) is 3.50. The van der Waals surface area contributed by atoms with Crippen molar-refractivity contribution in [2.45, 2.75) is 6.92 Å². The van der Waals surface area contributed by atoms with Gasteiger partial charge in [0, 0.05) is 22.8 Å². The molecule has 0 radical (unpaired) electrons. The molecule has 0 spiro atoms. The Morgan fingerprint density at radius 1 is 1.19 bits per heavy atom. The fraction of sp³-hybridized carbons (Fsp3) is 0.0526. The van der Waals surface area contributed by atoms with Crippen LogP contribution in [0.4, 0.5) is 9.52 Å². The first-order valence-corrected chi connectivity index (χ1v) is 8.86. The Labute approximate surface area is 157 Å². The molecule has 0 unspecified atom stereocenters. The Hall–Kier alpha value is -3.39. The fourth-order valence-electron chi connectivity index (χ4n) is 2.67. The summed E-state index contributed by atoms with van der Waals surface area (Å²) in [5.41, 5.74) is 1.34. The molecule has 4 aromatic rings. The molecule has 0 saturated heterocycles. The number of anilines is 1. The first-order chi connectivity index (χ1) is 13.0. The van der Waals surface area contributed by atoms with Gasteiger partial charge in [0.25, 0.3) is 11.5 Å². The van der Waals surface area contributed by atoms with Gasteiger partial charge >= 0.3 is 0 Å². The number of aromatic nitrogens is 3. The maximum absolute atomic E-state index is 13.1. The molecule has 0 aliphatic rings. The van der Waals surface area contributed by atoms with Crippen LogP contribution in [-0.4, -0.2) is 20.3 Å². The van der Waals surface area contributed by atoms with Crippen molar-refractivity contribution >= 4 is 28.0 Å². The van der Waals surface area contributed by atoms with Gasteiger partial charge in [0.2, 0.25) is 0 Å². The minimum atomic E-state index is -0.579. The van der Waals surface area contributed by atoms with E-state index >= 15 is 0 Å². The van der Waals surface area contributed by atoms with Gasteiger partial charge in [-0.25, -0.2) is 14.4 Å². The Morgan fingerprint density at radius 3 is 2.74 bits per heavy atom. The molecule has 1 N–H and O–H groups in total. The highest BCUT2D eigenvalue weighted by Gasteiger charge is 2.17. The van der Waals surface area contributed by atoms with E-state index in [0.717, 1.165) is 10.4 Å². The Kier molecular flexibility index (Phi) is 4.25. The van der Waals surface area contributed by atoms with E-state index in [-0.39, 0.29) is 11.4 Å². The van der Waals surface area contributed by atoms with E-state index in [0.29, 0.717) is 16.5 Å². The summed E-state index contributed by atoms with van der Waals surface area (Å²) >= 11 is 1.28. The van der Waals surface area contributed by atoms with Crippen LogP contribution in [0.25, 0.3) is 16.9 Å². The maximum atomic E-state index is 13.1. The van der Waals surface area contributed by atoms with E-state index in [2.05, 4.69) is 15.3 Å². The molecule has 0 aliphatic carbocycles. The average molecular weight is 380 g/mol. The third-order valence-corrected chi connectivity index (χ3v) is 4.88. The second-order valence-electron chi connectivity index (χ2n) is 5.79. The molecule has 0 fully saturated rings. The highest BCUT2D eigenvalue weighted by Crippen LogP contribution is 2.30. The van der Waals surface area contributed by atoms with E-state index in [1.165, 1.54) is 34.1 Å². The van der Waals surface area contributed by atoms with Gasteiger partial charge in [-0.2, -0.15) is 0 Å². The molecule has 0 bridgehead atoms. The average Bonchev–Trinajstić information content (AvgIpc) is 3.03. The number of fused-ring (bicyclic) bond motifs is 1. The lowest BCUT2D eigenvalue weighted by molar-refractivity contribution is 0.102. The summed E-state index contributed by atoms with van der Waals surface area (Å²) in [5.74, 6) is -0.908. The molecule has 0 saturated carbocycles. The number of nitrogens with zero attached hydrogens (tertiary/aromatic N) is 3. The smallest absolute Gasteiger partial charge is 0.270 e. The predicted molar refractivity (Wildman–Crippen MR) is 102 cm³/mol. The molecular formula is C19H13FN4O2S. The molecule has 0 atom stereocenters. The monoisotopic (exact) mass is 380 g/mol. The molecule has 3 heterocycles. The zero-order valence-corrected chi connectivity index (χ0v) is 15.0. The van der Waals surface area contributed by atoms with Crippen molar-refractivity contribution in [1.29, 1.82) is 0 Å². The molecule has 1 aromatic carbocycles. The molecule has 4 rings (SSSR count). The summed E-state index contributed by atoms with van der Waals surface area (Å²) < 4.78 is 14.4. The lowest BCUT2D eigenvalue weighted by atomic mass is 10.1. The predicted octanol–water partition coefficient (Wildman–Crippen LogP) is 3.52. The number of benzene rings is 1. The third-order valence-electron chi connectivity index (χ3n) is 3.99. The van der Waals surface area contributed by atoms with Gasteiger partial charge in [-0.05, 0) is 43.3 Å². The minimum Gasteiger partial charge on any atom is -0.298 e. The van der Waals surface area contributed by atoms with Crippen molar-refractivity contribution in [1.82, 2.24) is 14.4 Å². The number of hydrogen-bond acceptors (Lipinski definition) is 5. The summed E-state index contributed by atoms with van der Waals surface area (Å²) in [6.45, 7) is 1.86. The molecule has 3 aromatic heterocycles. The van der Waals surface area contributed by atoms with Gasteiger partial charge in [0.1, 0.15) is 17.0 Å². The van der Waals surface area contributed by atoms with Crippen LogP contribution in [-0.2, 0) is 0 Å². The standard InChI is InChI=1S/C19H13FN4O2S/c1-11-16(12-5-7-13(20)8-6-12)22-19(27-11)23-17(25)14-10-21-15-4-2-3-9-24(15)18(14)26/h2-10H,1H3,(H,22,23,25). The zero-order valence-electron chi connectivity index (χ0n) is 14.1. The van der Waals surface area contributed by atoms with Gasteiger partial charge < -0.3 is 0 Å². The number of nitrogens with one attached hydrogen (secondary N) is 1. The van der Waals surface area contributed by atoms with Crippen molar-refractivity contribution in [2.24, 2.45) is 0 Å². The number of pyridine rings is 1. The van der Waals surface area contributed by atoms with E-state index < -0.39 is 11.5 Å². The number of thiazole rings is 1. The van der Waals surface area contributed by atoms with Gasteiger partial charge in [0.15, 0.2) is 5.13 Å². The van der Waals surface area contributed by atoms with Crippen molar-refractivity contribution in [3.8, 4) is 11.3 Å². The largest absolute Gasteiger partial charge is 0.298 e. The number of hydrogen-bond donors (Lipinski definition) is 1. The number of carbonyl (C=O) groups excluding carboxylic acids is 1. The van der Waals surface area contributed by atoms with Crippen LogP contribution in [0.3, 0.4) is 0 Å². The Bertz CT molecular complexity index is 1210. The SMILES string of the molecule is Cc1sc(NC(=O)c2cnc3ccccn3c2=O)nc1-c1ccc(F)cc1. The molecule has 0 aliphatic heterocycles. The normalized spacial score (nSPS) is 10.9. The number of aryl methyl sites for hydroxylation is 1. The number of carbonyl (C=O) groups is 1. The van der Waals surface area contributed by atoms with Crippen LogP contribution in [0.1, 0.15) is 15.2 Å². The Balaban J connectivity index is 1.64. The van der Waals surface area contributed by atoms with Gasteiger partial charge in [-0.3, -0.25) is 19.3 Å². The van der Waals surface area contributed by atoms with Crippen molar-refractivity contribution in [2.75, 3.05) is 5.32 Å². The van der Waals surface area contributed by atoms with Crippen LogP contribution < -0.4 is 10.9 Å². The summed E-state index contributed by atoms with van der Waals surface area (Å²) in [5, 5.41) is 3.00. The number of halogens is 1.